The molecule has 0 saturated carbocycles. The molecule has 0 fully saturated rings. The smallest absolute Gasteiger partial charge is 0.472 e. The summed E-state index contributed by atoms with van der Waals surface area (Å²) in [5.74, 6) is -2.56. The van der Waals surface area contributed by atoms with Crippen LogP contribution in [0.5, 0.6) is 0 Å². The van der Waals surface area contributed by atoms with Gasteiger partial charge in [-0.05, 0) is 77.0 Å². The summed E-state index contributed by atoms with van der Waals surface area (Å²) in [5, 5.41) is 8.87. The SMILES string of the molecule is CC/C=C/C/C=C/C/C=C/C/C=C/C/C=C/C/C=C/CCCC(=O)OCC(COP(=O)(O)OC[C@@H](N)C(=O)O)OC(=O)CC/C=C/C/C=C/CCCCCCCC. The molecule has 0 aliphatic rings. The van der Waals surface area contributed by atoms with Crippen LogP contribution >= 0.6 is 7.82 Å². The fraction of sp³-hybridized carbons (Fsp3) is 0.578. The first kappa shape index (κ1) is 53.4. The normalized spacial score (nSPS) is 14.7. The zero-order valence-electron chi connectivity index (χ0n) is 34.6. The Hall–Kier alpha value is -3.60. The number of carbonyl (C=O) groups is 3. The molecule has 0 rings (SSSR count). The third kappa shape index (κ3) is 39.0. The van der Waals surface area contributed by atoms with Gasteiger partial charge in [-0.15, -0.1) is 0 Å². The molecule has 0 aromatic carbocycles. The molecular formula is C45H72NO10P. The van der Waals surface area contributed by atoms with Gasteiger partial charge in [0.25, 0.3) is 0 Å². The van der Waals surface area contributed by atoms with Gasteiger partial charge in [-0.25, -0.2) is 4.57 Å². The van der Waals surface area contributed by atoms with Crippen LogP contribution in [0.2, 0.25) is 0 Å². The monoisotopic (exact) mass is 817 g/mol. The van der Waals surface area contributed by atoms with Crippen LogP contribution in [0.15, 0.2) is 97.2 Å². The number of carboxylic acids is 1. The molecular weight excluding hydrogens is 745 g/mol. The second kappa shape index (κ2) is 39.2. The van der Waals surface area contributed by atoms with E-state index in [1.54, 1.807) is 0 Å². The minimum atomic E-state index is -4.75. The van der Waals surface area contributed by atoms with Crippen molar-refractivity contribution in [3.63, 3.8) is 0 Å². The average molecular weight is 818 g/mol. The molecule has 0 saturated heterocycles. The Labute approximate surface area is 343 Å². The number of esters is 2. The molecule has 12 heteroatoms. The Bertz CT molecular complexity index is 1330. The lowest BCUT2D eigenvalue weighted by Crippen LogP contribution is -2.34. The molecule has 0 bridgehead atoms. The number of unbranched alkanes of at least 4 members (excludes halogenated alkanes) is 7. The van der Waals surface area contributed by atoms with Crippen molar-refractivity contribution >= 4 is 25.7 Å². The van der Waals surface area contributed by atoms with E-state index in [-0.39, 0.29) is 12.8 Å². The molecule has 0 heterocycles. The largest absolute Gasteiger partial charge is 0.480 e. The van der Waals surface area contributed by atoms with Crippen LogP contribution in [0.25, 0.3) is 0 Å². The third-order valence-corrected chi connectivity index (χ3v) is 9.03. The molecule has 0 aromatic rings. The molecule has 0 spiro atoms. The molecule has 57 heavy (non-hydrogen) atoms. The van der Waals surface area contributed by atoms with Crippen molar-refractivity contribution in [1.29, 1.82) is 0 Å². The van der Waals surface area contributed by atoms with Crippen LogP contribution in [0.3, 0.4) is 0 Å². The highest BCUT2D eigenvalue weighted by atomic mass is 31.2. The Kier molecular flexibility index (Phi) is 36.8. The van der Waals surface area contributed by atoms with Gasteiger partial charge >= 0.3 is 25.7 Å². The Morgan fingerprint density at radius 1 is 0.561 bits per heavy atom. The predicted octanol–water partition coefficient (Wildman–Crippen LogP) is 10.9. The number of hydrogen-bond donors (Lipinski definition) is 3. The Morgan fingerprint density at radius 3 is 1.54 bits per heavy atom. The highest BCUT2D eigenvalue weighted by molar-refractivity contribution is 7.47. The van der Waals surface area contributed by atoms with Crippen molar-refractivity contribution in [1.82, 2.24) is 0 Å². The van der Waals surface area contributed by atoms with Gasteiger partial charge in [0.05, 0.1) is 13.2 Å². The minimum Gasteiger partial charge on any atom is -0.480 e. The van der Waals surface area contributed by atoms with Crippen LogP contribution in [-0.2, 0) is 37.5 Å². The summed E-state index contributed by atoms with van der Waals surface area (Å²) in [4.78, 5) is 45.8. The van der Waals surface area contributed by atoms with Crippen molar-refractivity contribution in [2.45, 2.75) is 148 Å². The number of allylic oxidation sites excluding steroid dienone is 16. The molecule has 0 radical (unpaired) electrons. The summed E-state index contributed by atoms with van der Waals surface area (Å²) in [6, 6.07) is -1.54. The van der Waals surface area contributed by atoms with Crippen molar-refractivity contribution in [2.75, 3.05) is 19.8 Å². The van der Waals surface area contributed by atoms with Crippen LogP contribution in [0.1, 0.15) is 136 Å². The van der Waals surface area contributed by atoms with Gasteiger partial charge in [-0.3, -0.25) is 23.4 Å². The second-order valence-corrected chi connectivity index (χ2v) is 14.8. The number of ether oxygens (including phenoxy) is 2. The number of aliphatic carboxylic acids is 1. The van der Waals surface area contributed by atoms with Gasteiger partial charge < -0.3 is 25.2 Å². The van der Waals surface area contributed by atoms with Gasteiger partial charge in [0, 0.05) is 12.8 Å². The van der Waals surface area contributed by atoms with Gasteiger partial charge in [-0.2, -0.15) is 0 Å². The summed E-state index contributed by atoms with van der Waals surface area (Å²) < 4.78 is 32.5. The lowest BCUT2D eigenvalue weighted by molar-refractivity contribution is -0.161. The van der Waals surface area contributed by atoms with E-state index in [0.29, 0.717) is 19.3 Å². The van der Waals surface area contributed by atoms with Gasteiger partial charge in [0.2, 0.25) is 0 Å². The van der Waals surface area contributed by atoms with E-state index in [9.17, 15) is 23.8 Å². The molecule has 11 nitrogen and oxygen atoms in total. The van der Waals surface area contributed by atoms with E-state index in [0.717, 1.165) is 51.4 Å². The molecule has 4 N–H and O–H groups in total. The van der Waals surface area contributed by atoms with E-state index < -0.39 is 57.7 Å². The topological polar surface area (TPSA) is 172 Å². The molecule has 0 aliphatic carbocycles. The third-order valence-electron chi connectivity index (χ3n) is 8.08. The number of rotatable bonds is 37. The maximum Gasteiger partial charge on any atom is 0.472 e. The van der Waals surface area contributed by atoms with Gasteiger partial charge in [-0.1, -0.05) is 143 Å². The van der Waals surface area contributed by atoms with Crippen LogP contribution in [0.4, 0.5) is 0 Å². The van der Waals surface area contributed by atoms with Crippen LogP contribution < -0.4 is 5.73 Å². The van der Waals surface area contributed by atoms with Crippen LogP contribution in [0, 0.1) is 0 Å². The van der Waals surface area contributed by atoms with E-state index in [4.69, 9.17) is 24.8 Å². The van der Waals surface area contributed by atoms with Crippen molar-refractivity contribution in [3.05, 3.63) is 97.2 Å². The van der Waals surface area contributed by atoms with Crippen molar-refractivity contribution in [3.8, 4) is 0 Å². The van der Waals surface area contributed by atoms with E-state index >= 15 is 0 Å². The standard InChI is InChI=1S/C45H72NO10P/c1-3-5-7-9-11-13-15-17-18-19-20-21-22-23-25-26-28-30-32-34-36-43(47)53-38-41(39-54-57(51,52)55-40-42(46)45(49)50)56-44(48)37-35-33-31-29-27-24-16-14-12-10-8-6-4-2/h5,7,11,13,17-18,20-21,23-25,27-28,30-31,33,41-42H,3-4,6,8-10,12,14-16,19,22,26,29,32,34-40,46H2,1-2H3,(H,49,50)(H,51,52)/b7-5+,13-11+,18-17+,21-20+,25-23+,27-24+,30-28+,33-31+/t41?,42-/m1/s1. The van der Waals surface area contributed by atoms with Gasteiger partial charge in [0.15, 0.2) is 6.10 Å². The fourth-order valence-electron chi connectivity index (χ4n) is 4.83. The predicted molar refractivity (Wildman–Crippen MR) is 230 cm³/mol. The van der Waals surface area contributed by atoms with E-state index in [2.05, 4.69) is 91.3 Å². The van der Waals surface area contributed by atoms with E-state index in [1.807, 2.05) is 24.3 Å². The highest BCUT2D eigenvalue weighted by Gasteiger charge is 2.28. The Morgan fingerprint density at radius 2 is 1.02 bits per heavy atom. The number of phosphoric acid groups is 1. The van der Waals surface area contributed by atoms with Crippen molar-refractivity contribution < 1.29 is 47.5 Å². The summed E-state index contributed by atoms with van der Waals surface area (Å²) >= 11 is 0. The number of hydrogen-bond acceptors (Lipinski definition) is 9. The average Bonchev–Trinajstić information content (AvgIpc) is 3.19. The fourth-order valence-corrected chi connectivity index (χ4v) is 5.61. The molecule has 3 atom stereocenters. The minimum absolute atomic E-state index is 0.0368. The van der Waals surface area contributed by atoms with Gasteiger partial charge in [0.1, 0.15) is 12.6 Å². The summed E-state index contributed by atoms with van der Waals surface area (Å²) in [6.07, 6.45) is 49.3. The molecule has 0 amide bonds. The number of nitrogens with two attached hydrogens (primary N) is 1. The lowest BCUT2D eigenvalue weighted by atomic mass is 10.1. The first-order chi connectivity index (χ1) is 27.6. The van der Waals surface area contributed by atoms with Crippen molar-refractivity contribution in [2.24, 2.45) is 5.73 Å². The zero-order valence-corrected chi connectivity index (χ0v) is 35.5. The summed E-state index contributed by atoms with van der Waals surface area (Å²) in [5.41, 5.74) is 5.32. The number of phosphoric ester groups is 1. The molecule has 322 valence electrons. The highest BCUT2D eigenvalue weighted by Crippen LogP contribution is 2.43. The summed E-state index contributed by atoms with van der Waals surface area (Å²) in [7, 11) is -4.75. The first-order valence-corrected chi connectivity index (χ1v) is 22.3. The second-order valence-electron chi connectivity index (χ2n) is 13.4. The molecule has 2 unspecified atom stereocenters. The number of carboxylic acid groups (broad SMARTS) is 1. The number of carbonyl (C=O) groups excluding carboxylic acids is 2. The maximum absolute atomic E-state index is 12.5. The maximum atomic E-state index is 12.5. The van der Waals surface area contributed by atoms with E-state index in [1.165, 1.54) is 38.5 Å². The first-order valence-electron chi connectivity index (χ1n) is 20.8. The quantitative estimate of drug-likeness (QED) is 0.0236. The zero-order chi connectivity index (χ0) is 42.1. The molecule has 0 aromatic heterocycles. The lowest BCUT2D eigenvalue weighted by Gasteiger charge is -2.20. The molecule has 0 aliphatic heterocycles. The Balaban J connectivity index is 4.56. The van der Waals surface area contributed by atoms with Crippen LogP contribution in [-0.4, -0.2) is 59.9 Å². The summed E-state index contributed by atoms with van der Waals surface area (Å²) in [6.45, 7) is 2.53.